The number of halogens is 2. The molecule has 0 radical (unpaired) electrons. The summed E-state index contributed by atoms with van der Waals surface area (Å²) in [5.41, 5.74) is 0.577. The fraction of sp³-hybridized carbons (Fsp3) is 0.538. The fourth-order valence-electron chi connectivity index (χ4n) is 2.32. The minimum atomic E-state index is -0.516. The van der Waals surface area contributed by atoms with Crippen molar-refractivity contribution in [3.8, 4) is 0 Å². The second kappa shape index (κ2) is 5.83. The first kappa shape index (κ1) is 12.8. The average molecular weight is 257 g/mol. The predicted octanol–water partition coefficient (Wildman–Crippen LogP) is 3.51. The van der Waals surface area contributed by atoms with Crippen LogP contribution in [0.1, 0.15) is 30.9 Å². The molecule has 1 nitrogen and oxygen atoms in total. The van der Waals surface area contributed by atoms with E-state index in [9.17, 15) is 8.78 Å². The van der Waals surface area contributed by atoms with Gasteiger partial charge in [-0.25, -0.2) is 8.78 Å². The lowest BCUT2D eigenvalue weighted by atomic mass is 9.99. The highest BCUT2D eigenvalue weighted by Crippen LogP contribution is 2.35. The molecule has 0 aromatic heterocycles. The summed E-state index contributed by atoms with van der Waals surface area (Å²) in [6, 6.07) is 3.82. The van der Waals surface area contributed by atoms with Crippen molar-refractivity contribution in [3.63, 3.8) is 0 Å². The molecule has 0 amide bonds. The molecule has 1 N–H and O–H groups in total. The lowest BCUT2D eigenvalue weighted by Gasteiger charge is -2.30. The van der Waals surface area contributed by atoms with Gasteiger partial charge in [0.2, 0.25) is 0 Å². The molecule has 1 heterocycles. The van der Waals surface area contributed by atoms with Crippen LogP contribution < -0.4 is 5.32 Å². The van der Waals surface area contributed by atoms with Crippen LogP contribution in [0, 0.1) is 11.6 Å². The minimum Gasteiger partial charge on any atom is -0.312 e. The Morgan fingerprint density at radius 2 is 2.18 bits per heavy atom. The van der Waals surface area contributed by atoms with Crippen molar-refractivity contribution >= 4 is 11.8 Å². The zero-order valence-corrected chi connectivity index (χ0v) is 10.7. The van der Waals surface area contributed by atoms with Crippen molar-refractivity contribution in [1.29, 1.82) is 0 Å². The maximum atomic E-state index is 13.8. The zero-order valence-electron chi connectivity index (χ0n) is 9.88. The van der Waals surface area contributed by atoms with Crippen LogP contribution in [0.5, 0.6) is 0 Å². The quantitative estimate of drug-likeness (QED) is 0.889. The number of hydrogen-bond acceptors (Lipinski definition) is 2. The monoisotopic (exact) mass is 257 g/mol. The molecule has 94 valence electrons. The summed E-state index contributed by atoms with van der Waals surface area (Å²) in [5.74, 6) is 0.166. The standard InChI is InChI=1S/C13H17F2NS/c1-16-13(12-4-2-3-7-17-12)10-6-5-9(14)8-11(10)15/h5-6,8,12-13,16H,2-4,7H2,1H3. The van der Waals surface area contributed by atoms with Gasteiger partial charge in [0, 0.05) is 22.9 Å². The first-order valence-electron chi connectivity index (χ1n) is 5.96. The molecule has 1 aromatic carbocycles. The third-order valence-electron chi connectivity index (χ3n) is 3.20. The van der Waals surface area contributed by atoms with Crippen LogP contribution in [0.3, 0.4) is 0 Å². The molecule has 0 aliphatic carbocycles. The third kappa shape index (κ3) is 2.99. The Morgan fingerprint density at radius 3 is 2.76 bits per heavy atom. The number of nitrogens with one attached hydrogen (secondary N) is 1. The van der Waals surface area contributed by atoms with Gasteiger partial charge < -0.3 is 5.32 Å². The normalized spacial score (nSPS) is 22.4. The second-order valence-corrected chi connectivity index (χ2v) is 5.68. The van der Waals surface area contributed by atoms with E-state index in [4.69, 9.17) is 0 Å². The first-order chi connectivity index (χ1) is 8.22. The van der Waals surface area contributed by atoms with Crippen molar-refractivity contribution in [2.75, 3.05) is 12.8 Å². The molecular weight excluding hydrogens is 240 g/mol. The van der Waals surface area contributed by atoms with Gasteiger partial charge in [-0.3, -0.25) is 0 Å². The molecule has 0 spiro atoms. The Labute approximate surface area is 105 Å². The van der Waals surface area contributed by atoms with Gasteiger partial charge in [0.1, 0.15) is 11.6 Å². The van der Waals surface area contributed by atoms with Crippen molar-refractivity contribution in [1.82, 2.24) is 5.32 Å². The predicted molar refractivity (Wildman–Crippen MR) is 68.3 cm³/mol. The highest BCUT2D eigenvalue weighted by Gasteiger charge is 2.26. The van der Waals surface area contributed by atoms with Crippen LogP contribution in [-0.4, -0.2) is 18.1 Å². The van der Waals surface area contributed by atoms with Gasteiger partial charge in [-0.2, -0.15) is 11.8 Å². The summed E-state index contributed by atoms with van der Waals surface area (Å²) in [5, 5.41) is 3.55. The number of thioether (sulfide) groups is 1. The number of hydrogen-bond donors (Lipinski definition) is 1. The first-order valence-corrected chi connectivity index (χ1v) is 7.01. The van der Waals surface area contributed by atoms with E-state index in [1.165, 1.54) is 18.9 Å². The van der Waals surface area contributed by atoms with Crippen LogP contribution in [0.25, 0.3) is 0 Å². The Balaban J connectivity index is 2.21. The Kier molecular flexibility index (Phi) is 4.40. The molecular formula is C13H17F2NS. The van der Waals surface area contributed by atoms with E-state index in [0.717, 1.165) is 18.2 Å². The molecule has 1 fully saturated rings. The smallest absolute Gasteiger partial charge is 0.130 e. The Morgan fingerprint density at radius 1 is 1.35 bits per heavy atom. The average Bonchev–Trinajstić information content (AvgIpc) is 2.34. The van der Waals surface area contributed by atoms with Crippen molar-refractivity contribution in [2.45, 2.75) is 30.6 Å². The van der Waals surface area contributed by atoms with E-state index in [1.54, 1.807) is 6.07 Å². The molecule has 1 saturated heterocycles. The van der Waals surface area contributed by atoms with E-state index >= 15 is 0 Å². The molecule has 2 unspecified atom stereocenters. The van der Waals surface area contributed by atoms with Crippen molar-refractivity contribution in [3.05, 3.63) is 35.4 Å². The van der Waals surface area contributed by atoms with Crippen molar-refractivity contribution < 1.29 is 8.78 Å². The number of rotatable bonds is 3. The van der Waals surface area contributed by atoms with Gasteiger partial charge in [-0.1, -0.05) is 12.5 Å². The summed E-state index contributed by atoms with van der Waals surface area (Å²) in [4.78, 5) is 0. The SMILES string of the molecule is CNC(c1ccc(F)cc1F)C1CCCCS1. The van der Waals surface area contributed by atoms with Crippen LogP contribution >= 0.6 is 11.8 Å². The Bertz CT molecular complexity index is 378. The molecule has 0 bridgehead atoms. The van der Waals surface area contributed by atoms with E-state index in [1.807, 2.05) is 18.8 Å². The largest absolute Gasteiger partial charge is 0.312 e. The molecule has 2 atom stereocenters. The van der Waals surface area contributed by atoms with Gasteiger partial charge >= 0.3 is 0 Å². The summed E-state index contributed by atoms with van der Waals surface area (Å²) in [7, 11) is 1.84. The van der Waals surface area contributed by atoms with Crippen LogP contribution in [0.15, 0.2) is 18.2 Å². The lowest BCUT2D eigenvalue weighted by Crippen LogP contribution is -2.30. The lowest BCUT2D eigenvalue weighted by molar-refractivity contribution is 0.484. The fourth-order valence-corrected chi connectivity index (χ4v) is 3.81. The maximum absolute atomic E-state index is 13.8. The molecule has 4 heteroatoms. The topological polar surface area (TPSA) is 12.0 Å². The molecule has 1 aliphatic rings. The zero-order chi connectivity index (χ0) is 12.3. The second-order valence-electron chi connectivity index (χ2n) is 4.34. The van der Waals surface area contributed by atoms with E-state index in [-0.39, 0.29) is 6.04 Å². The number of benzene rings is 1. The van der Waals surface area contributed by atoms with Crippen LogP contribution in [0.2, 0.25) is 0 Å². The summed E-state index contributed by atoms with van der Waals surface area (Å²) >= 11 is 1.88. The highest BCUT2D eigenvalue weighted by molar-refractivity contribution is 8.00. The molecule has 0 saturated carbocycles. The van der Waals surface area contributed by atoms with Crippen LogP contribution in [0.4, 0.5) is 8.78 Å². The van der Waals surface area contributed by atoms with Crippen LogP contribution in [-0.2, 0) is 0 Å². The highest BCUT2D eigenvalue weighted by atomic mass is 32.2. The van der Waals surface area contributed by atoms with Gasteiger partial charge in [0.15, 0.2) is 0 Å². The van der Waals surface area contributed by atoms with Gasteiger partial charge in [0.25, 0.3) is 0 Å². The summed E-state index contributed by atoms with van der Waals surface area (Å²) in [6.45, 7) is 0. The van der Waals surface area contributed by atoms with Gasteiger partial charge in [0.05, 0.1) is 0 Å². The van der Waals surface area contributed by atoms with E-state index < -0.39 is 11.6 Å². The maximum Gasteiger partial charge on any atom is 0.130 e. The van der Waals surface area contributed by atoms with Crippen molar-refractivity contribution in [2.24, 2.45) is 0 Å². The molecule has 1 aromatic rings. The molecule has 1 aliphatic heterocycles. The molecule has 2 rings (SSSR count). The Hall–Kier alpha value is -0.610. The van der Waals surface area contributed by atoms with Gasteiger partial charge in [-0.15, -0.1) is 0 Å². The molecule has 17 heavy (non-hydrogen) atoms. The third-order valence-corrected chi connectivity index (χ3v) is 4.66. The summed E-state index contributed by atoms with van der Waals surface area (Å²) in [6.07, 6.45) is 3.52. The van der Waals surface area contributed by atoms with E-state index in [0.29, 0.717) is 10.8 Å². The van der Waals surface area contributed by atoms with Gasteiger partial charge in [-0.05, 0) is 31.7 Å². The summed E-state index contributed by atoms with van der Waals surface area (Å²) < 4.78 is 26.6. The van der Waals surface area contributed by atoms with E-state index in [2.05, 4.69) is 5.32 Å². The minimum absolute atomic E-state index is 0.0269.